The van der Waals surface area contributed by atoms with E-state index in [0.29, 0.717) is 12.2 Å². The van der Waals surface area contributed by atoms with E-state index in [9.17, 15) is 9.90 Å². The van der Waals surface area contributed by atoms with Gasteiger partial charge in [0.2, 0.25) is 0 Å². The minimum Gasteiger partial charge on any atom is -0.388 e. The minimum absolute atomic E-state index is 0.103. The van der Waals surface area contributed by atoms with Crippen LogP contribution in [0.3, 0.4) is 0 Å². The Balaban J connectivity index is 1.84. The molecule has 24 heavy (non-hydrogen) atoms. The molecule has 2 aromatic rings. The van der Waals surface area contributed by atoms with E-state index in [4.69, 9.17) is 0 Å². The van der Waals surface area contributed by atoms with Crippen molar-refractivity contribution in [1.29, 1.82) is 0 Å². The van der Waals surface area contributed by atoms with Crippen LogP contribution in [0.15, 0.2) is 42.7 Å². The number of nitrogens with one attached hydrogen (secondary N) is 2. The molecule has 0 spiro atoms. The minimum atomic E-state index is -0.927. The number of amides is 2. The van der Waals surface area contributed by atoms with Gasteiger partial charge in [0.15, 0.2) is 0 Å². The molecule has 0 saturated heterocycles. The van der Waals surface area contributed by atoms with E-state index >= 15 is 0 Å². The van der Waals surface area contributed by atoms with E-state index in [1.807, 2.05) is 44.2 Å². The molecule has 0 radical (unpaired) electrons. The van der Waals surface area contributed by atoms with Gasteiger partial charge in [-0.05, 0) is 18.4 Å². The third-order valence-electron chi connectivity index (χ3n) is 4.36. The van der Waals surface area contributed by atoms with Crippen LogP contribution in [-0.2, 0) is 6.54 Å². The molecule has 6 nitrogen and oxygen atoms in total. The second-order valence-corrected chi connectivity index (χ2v) is 6.39. The van der Waals surface area contributed by atoms with Crippen molar-refractivity contribution in [2.45, 2.75) is 39.3 Å². The topological polar surface area (TPSA) is 79.2 Å². The predicted molar refractivity (Wildman–Crippen MR) is 94.9 cm³/mol. The van der Waals surface area contributed by atoms with Crippen molar-refractivity contribution in [2.75, 3.05) is 11.9 Å². The summed E-state index contributed by atoms with van der Waals surface area (Å²) in [7, 11) is 0. The van der Waals surface area contributed by atoms with Crippen molar-refractivity contribution < 1.29 is 9.90 Å². The van der Waals surface area contributed by atoms with Crippen molar-refractivity contribution in [1.82, 2.24) is 15.1 Å². The summed E-state index contributed by atoms with van der Waals surface area (Å²) < 4.78 is 1.76. The number of urea groups is 1. The van der Waals surface area contributed by atoms with Crippen LogP contribution in [0.2, 0.25) is 0 Å². The van der Waals surface area contributed by atoms with Crippen LogP contribution in [0, 0.1) is 5.92 Å². The first kappa shape index (κ1) is 18.0. The molecule has 130 valence electrons. The van der Waals surface area contributed by atoms with E-state index in [1.165, 1.54) is 0 Å². The summed E-state index contributed by atoms with van der Waals surface area (Å²) in [6.45, 7) is 6.56. The number of rotatable bonds is 7. The number of benzene rings is 1. The third-order valence-corrected chi connectivity index (χ3v) is 4.36. The molecular formula is C18H26N4O2. The summed E-state index contributed by atoms with van der Waals surface area (Å²) in [4.78, 5) is 12.0. The van der Waals surface area contributed by atoms with Gasteiger partial charge in [-0.15, -0.1) is 0 Å². The summed E-state index contributed by atoms with van der Waals surface area (Å²) in [6, 6.07) is 9.64. The third kappa shape index (κ3) is 5.09. The van der Waals surface area contributed by atoms with Crippen LogP contribution in [0.5, 0.6) is 0 Å². The lowest BCUT2D eigenvalue weighted by molar-refractivity contribution is 0.00827. The monoisotopic (exact) mass is 330 g/mol. The molecule has 6 heteroatoms. The van der Waals surface area contributed by atoms with Crippen molar-refractivity contribution in [3.8, 4) is 0 Å². The fraction of sp³-hybridized carbons (Fsp3) is 0.444. The summed E-state index contributed by atoms with van der Waals surface area (Å²) in [5.74, 6) is 0.103. The van der Waals surface area contributed by atoms with Gasteiger partial charge in [-0.3, -0.25) is 4.68 Å². The Morgan fingerprint density at radius 1 is 1.38 bits per heavy atom. The number of hydrogen-bond acceptors (Lipinski definition) is 3. The first-order chi connectivity index (χ1) is 11.4. The molecule has 1 aromatic heterocycles. The number of carbonyl (C=O) groups excluding carboxylic acids is 1. The van der Waals surface area contributed by atoms with Gasteiger partial charge < -0.3 is 15.7 Å². The number of hydrogen-bond donors (Lipinski definition) is 3. The number of aromatic nitrogens is 2. The lowest BCUT2D eigenvalue weighted by atomic mass is 9.89. The molecule has 2 atom stereocenters. The van der Waals surface area contributed by atoms with Gasteiger partial charge in [0.25, 0.3) is 0 Å². The summed E-state index contributed by atoms with van der Waals surface area (Å²) >= 11 is 0. The summed E-state index contributed by atoms with van der Waals surface area (Å²) in [5, 5.41) is 20.0. The van der Waals surface area contributed by atoms with Crippen LogP contribution in [0.25, 0.3) is 0 Å². The van der Waals surface area contributed by atoms with E-state index in [-0.39, 0.29) is 18.5 Å². The average Bonchev–Trinajstić information content (AvgIpc) is 3.00. The van der Waals surface area contributed by atoms with Crippen LogP contribution >= 0.6 is 0 Å². The molecule has 0 bridgehead atoms. The Labute approximate surface area is 142 Å². The molecule has 3 N–H and O–H groups in total. The van der Waals surface area contributed by atoms with Gasteiger partial charge >= 0.3 is 6.03 Å². The predicted octanol–water partition coefficient (Wildman–Crippen LogP) is 2.85. The highest BCUT2D eigenvalue weighted by Gasteiger charge is 2.27. The van der Waals surface area contributed by atoms with E-state index < -0.39 is 5.60 Å². The molecule has 0 aliphatic heterocycles. The van der Waals surface area contributed by atoms with Crippen molar-refractivity contribution in [2.24, 2.45) is 5.92 Å². The van der Waals surface area contributed by atoms with Crippen molar-refractivity contribution in [3.05, 3.63) is 48.3 Å². The molecule has 0 aliphatic rings. The molecule has 2 rings (SSSR count). The quantitative estimate of drug-likeness (QED) is 0.730. The van der Waals surface area contributed by atoms with Crippen molar-refractivity contribution >= 4 is 11.7 Å². The van der Waals surface area contributed by atoms with Crippen LogP contribution in [0.4, 0.5) is 10.5 Å². The Morgan fingerprint density at radius 3 is 2.75 bits per heavy atom. The van der Waals surface area contributed by atoms with Crippen LogP contribution in [-0.4, -0.2) is 33.1 Å². The second-order valence-electron chi connectivity index (χ2n) is 6.39. The summed E-state index contributed by atoms with van der Waals surface area (Å²) in [6.07, 6.45) is 4.23. The fourth-order valence-corrected chi connectivity index (χ4v) is 2.33. The number of anilines is 1. The number of carbonyl (C=O) groups is 1. The normalized spacial score (nSPS) is 14.7. The Hall–Kier alpha value is -2.34. The summed E-state index contributed by atoms with van der Waals surface area (Å²) in [5.41, 5.74) is 0.830. The van der Waals surface area contributed by atoms with Crippen LogP contribution < -0.4 is 10.6 Å². The zero-order valence-corrected chi connectivity index (χ0v) is 14.5. The number of aliphatic hydroxyl groups is 1. The first-order valence-corrected chi connectivity index (χ1v) is 8.24. The molecule has 2 amide bonds. The Kier molecular flexibility index (Phi) is 5.98. The maximum Gasteiger partial charge on any atom is 0.319 e. The lowest BCUT2D eigenvalue weighted by Gasteiger charge is -2.29. The smallest absolute Gasteiger partial charge is 0.319 e. The Bertz CT molecular complexity index is 652. The first-order valence-electron chi connectivity index (χ1n) is 8.24. The van der Waals surface area contributed by atoms with E-state index in [0.717, 1.165) is 12.0 Å². The van der Waals surface area contributed by atoms with E-state index in [2.05, 4.69) is 15.7 Å². The Morgan fingerprint density at radius 2 is 2.08 bits per heavy atom. The van der Waals surface area contributed by atoms with Gasteiger partial charge in [-0.25, -0.2) is 4.79 Å². The number of nitrogens with zero attached hydrogens (tertiary/aromatic N) is 2. The standard InChI is InChI=1S/C18H26N4O2/c1-4-14(2)18(3,24)13-19-17(23)21-16-10-20-22(12-16)11-15-8-6-5-7-9-15/h5-10,12,14,24H,4,11,13H2,1-3H3,(H2,19,21,23). The van der Waals surface area contributed by atoms with E-state index in [1.54, 1.807) is 24.0 Å². The zero-order chi connectivity index (χ0) is 17.6. The maximum atomic E-state index is 12.0. The molecular weight excluding hydrogens is 304 g/mol. The average molecular weight is 330 g/mol. The molecule has 0 aliphatic carbocycles. The molecule has 1 aromatic carbocycles. The second kappa shape index (κ2) is 7.97. The van der Waals surface area contributed by atoms with Gasteiger partial charge in [-0.1, -0.05) is 50.6 Å². The van der Waals surface area contributed by atoms with Gasteiger partial charge in [0.05, 0.1) is 24.0 Å². The van der Waals surface area contributed by atoms with Gasteiger partial charge in [0, 0.05) is 12.7 Å². The molecule has 0 fully saturated rings. The van der Waals surface area contributed by atoms with Gasteiger partial charge in [0.1, 0.15) is 0 Å². The van der Waals surface area contributed by atoms with Crippen LogP contribution in [0.1, 0.15) is 32.8 Å². The largest absolute Gasteiger partial charge is 0.388 e. The maximum absolute atomic E-state index is 12.0. The molecule has 0 saturated carbocycles. The zero-order valence-electron chi connectivity index (χ0n) is 14.5. The highest BCUT2D eigenvalue weighted by molar-refractivity contribution is 5.88. The highest BCUT2D eigenvalue weighted by Crippen LogP contribution is 2.18. The molecule has 2 unspecified atom stereocenters. The fourth-order valence-electron chi connectivity index (χ4n) is 2.33. The van der Waals surface area contributed by atoms with Crippen molar-refractivity contribution in [3.63, 3.8) is 0 Å². The SMILES string of the molecule is CCC(C)C(C)(O)CNC(=O)Nc1cnn(Cc2ccccc2)c1. The highest BCUT2D eigenvalue weighted by atomic mass is 16.3. The lowest BCUT2D eigenvalue weighted by Crippen LogP contribution is -2.46. The molecule has 1 heterocycles. The van der Waals surface area contributed by atoms with Gasteiger partial charge in [-0.2, -0.15) is 5.10 Å².